The number of nitrogens with one attached hydrogen (secondary N) is 1. The number of aliphatic hydroxyl groups is 1. The lowest BCUT2D eigenvalue weighted by atomic mass is 9.47. The number of carbonyl (C=O) groups excluding carboxylic acids is 3. The van der Waals surface area contributed by atoms with Gasteiger partial charge in [0, 0.05) is 96.9 Å². The number of H-pyrrole nitrogens is 1. The van der Waals surface area contributed by atoms with E-state index >= 15 is 13.6 Å². The Balaban J connectivity index is 0.00000499. The lowest BCUT2D eigenvalue weighted by Crippen LogP contribution is -2.81. The lowest BCUT2D eigenvalue weighted by molar-refractivity contribution is -0.228. The van der Waals surface area contributed by atoms with Crippen molar-refractivity contribution in [3.63, 3.8) is 0 Å². The molecule has 2 unspecified atom stereocenters. The number of para-hydroxylation sites is 1. The van der Waals surface area contributed by atoms with Gasteiger partial charge in [-0.2, -0.15) is 0 Å². The number of halogens is 2. The predicted molar refractivity (Wildman–Crippen MR) is 221 cm³/mol. The van der Waals surface area contributed by atoms with Crippen LogP contribution in [0.15, 0.2) is 48.6 Å². The molecule has 2 bridgehead atoms. The Kier molecular flexibility index (Phi) is 10.0. The Morgan fingerprint density at radius 3 is 2.43 bits per heavy atom. The minimum absolute atomic E-state index is 0. The molecular formula is C46H58F2N4O8. The molecule has 6 heterocycles. The van der Waals surface area contributed by atoms with Gasteiger partial charge in [-0.3, -0.25) is 19.4 Å². The molecule has 60 heavy (non-hydrogen) atoms. The first-order valence-corrected chi connectivity index (χ1v) is 20.7. The lowest BCUT2D eigenvalue weighted by Gasteiger charge is -2.63. The number of alkyl halides is 2. The number of methoxy groups -OCH3 is 3. The smallest absolute Gasteiger partial charge is 0.344 e. The van der Waals surface area contributed by atoms with Crippen molar-refractivity contribution < 1.29 is 47.2 Å². The van der Waals surface area contributed by atoms with Crippen LogP contribution in [-0.2, 0) is 46.0 Å². The maximum atomic E-state index is 15.3. The van der Waals surface area contributed by atoms with Crippen LogP contribution < -0.4 is 9.64 Å². The predicted octanol–water partition coefficient (Wildman–Crippen LogP) is 5.71. The SMILES string of the molecule is C.CC[C@]12C=CCN3CC[C@@]4(c5cc([C@@]6(C(=O)OC)CC7C[C@@H](C(C)(F)F)CN(Cc8c6[nH]c6ccccc86)C7)c(OC)cc5N(C)[C@H]4[C@@](O)(C(=O)OC)[C@@H]1OC(C)=O)[C@@H]32. The number of aromatic amines is 1. The number of aromatic nitrogens is 1. The number of hydrogen-bond donors (Lipinski definition) is 2. The number of anilines is 1. The van der Waals surface area contributed by atoms with Gasteiger partial charge in [-0.15, -0.1) is 0 Å². The number of carbonyl (C=O) groups is 3. The van der Waals surface area contributed by atoms with Gasteiger partial charge >= 0.3 is 17.9 Å². The Labute approximate surface area is 350 Å². The second kappa shape index (κ2) is 14.3. The summed E-state index contributed by atoms with van der Waals surface area (Å²) >= 11 is 0. The number of likely N-dealkylation sites (N-methyl/N-ethyl adjacent to an activating group) is 1. The molecule has 2 N–H and O–H groups in total. The van der Waals surface area contributed by atoms with Gasteiger partial charge in [-0.05, 0) is 68.3 Å². The van der Waals surface area contributed by atoms with Crippen molar-refractivity contribution in [2.24, 2.45) is 17.3 Å². The van der Waals surface area contributed by atoms with E-state index in [1.165, 1.54) is 28.3 Å². The first-order valence-electron chi connectivity index (χ1n) is 20.7. The molecule has 12 nitrogen and oxygen atoms in total. The zero-order valence-corrected chi connectivity index (χ0v) is 34.8. The van der Waals surface area contributed by atoms with E-state index in [4.69, 9.17) is 18.9 Å². The highest BCUT2D eigenvalue weighted by Crippen LogP contribution is 2.68. The fourth-order valence-corrected chi connectivity index (χ4v) is 13.2. The standard InChI is InChI=1S/C45H54F2N4O8.CH4/c1-8-42-14-11-16-51-17-15-43(36(42)51)30-19-31(34(56-5)20-33(30)49(4)37(43)45(55,40(54)58-7)38(42)59-25(2)52)44(39(53)57-6)21-26-18-27(41(3,46)47)23-50(22-26)24-29-28-12-9-10-13-32(28)48-35(29)44;/h9-14,19-20,26-27,36-38,48,55H,8,15-18,21-24H2,1-7H3;1H4/t26?,27-,36+,37-,38-,42-,43-,44+,45+;/m1./s1. The van der Waals surface area contributed by atoms with Crippen LogP contribution in [0.1, 0.15) is 76.3 Å². The summed E-state index contributed by atoms with van der Waals surface area (Å²) in [6.07, 6.45) is 4.04. The molecule has 6 aliphatic rings. The van der Waals surface area contributed by atoms with Crippen LogP contribution in [0, 0.1) is 17.3 Å². The van der Waals surface area contributed by atoms with E-state index in [0.29, 0.717) is 61.7 Å². The van der Waals surface area contributed by atoms with E-state index in [-0.39, 0.29) is 38.8 Å². The van der Waals surface area contributed by atoms with Gasteiger partial charge in [0.05, 0.1) is 27.4 Å². The fraction of sp³-hybridized carbons (Fsp3) is 0.587. The number of esters is 3. The summed E-state index contributed by atoms with van der Waals surface area (Å²) in [5.41, 5.74) is -1.64. The third kappa shape index (κ3) is 5.38. The van der Waals surface area contributed by atoms with Gasteiger partial charge < -0.3 is 33.9 Å². The Morgan fingerprint density at radius 1 is 1.03 bits per heavy atom. The van der Waals surface area contributed by atoms with Crippen LogP contribution in [0.3, 0.4) is 0 Å². The maximum absolute atomic E-state index is 15.3. The highest BCUT2D eigenvalue weighted by atomic mass is 19.3. The van der Waals surface area contributed by atoms with E-state index in [2.05, 4.69) is 14.8 Å². The molecule has 10 atom stereocenters. The van der Waals surface area contributed by atoms with Gasteiger partial charge in [-0.25, -0.2) is 13.6 Å². The van der Waals surface area contributed by atoms with Crippen LogP contribution in [0.2, 0.25) is 0 Å². The van der Waals surface area contributed by atoms with Crippen molar-refractivity contribution in [1.29, 1.82) is 0 Å². The molecule has 1 aromatic heterocycles. The van der Waals surface area contributed by atoms with E-state index in [9.17, 15) is 14.7 Å². The summed E-state index contributed by atoms with van der Waals surface area (Å²) < 4.78 is 54.3. The van der Waals surface area contributed by atoms with Crippen LogP contribution in [-0.4, -0.2) is 122 Å². The molecular weight excluding hydrogens is 775 g/mol. The van der Waals surface area contributed by atoms with E-state index in [0.717, 1.165) is 29.0 Å². The number of benzene rings is 2. The number of nitrogens with zero attached hydrogens (tertiary/aromatic N) is 3. The molecule has 5 aliphatic heterocycles. The van der Waals surface area contributed by atoms with E-state index < -0.39 is 63.7 Å². The highest BCUT2D eigenvalue weighted by molar-refractivity contribution is 5.95. The normalized spacial score (nSPS) is 35.2. The van der Waals surface area contributed by atoms with Gasteiger partial charge in [0.25, 0.3) is 0 Å². The van der Waals surface area contributed by atoms with Crippen LogP contribution >= 0.6 is 0 Å². The summed E-state index contributed by atoms with van der Waals surface area (Å²) in [6.45, 7) is 6.55. The second-order valence-corrected chi connectivity index (χ2v) is 18.0. The Hall–Kier alpha value is -4.53. The largest absolute Gasteiger partial charge is 0.496 e. The van der Waals surface area contributed by atoms with Crippen LogP contribution in [0.4, 0.5) is 14.5 Å². The van der Waals surface area contributed by atoms with Crippen molar-refractivity contribution in [1.82, 2.24) is 14.8 Å². The van der Waals surface area contributed by atoms with E-state index in [1.54, 1.807) is 0 Å². The Bertz CT molecular complexity index is 2270. The zero-order chi connectivity index (χ0) is 42.0. The molecule has 3 aromatic rings. The summed E-state index contributed by atoms with van der Waals surface area (Å²) in [4.78, 5) is 52.5. The minimum atomic E-state index is -2.94. The van der Waals surface area contributed by atoms with Crippen molar-refractivity contribution in [2.75, 3.05) is 59.5 Å². The number of hydrogen-bond acceptors (Lipinski definition) is 11. The number of fused-ring (bicyclic) bond motifs is 6. The third-order valence-corrected chi connectivity index (χ3v) is 15.3. The molecule has 2 saturated heterocycles. The molecule has 0 amide bonds. The molecule has 1 aliphatic carbocycles. The van der Waals surface area contributed by atoms with Crippen LogP contribution in [0.5, 0.6) is 5.75 Å². The van der Waals surface area contributed by atoms with E-state index in [1.807, 2.05) is 67.4 Å². The number of rotatable bonds is 7. The topological polar surface area (TPSA) is 134 Å². The molecule has 3 fully saturated rings. The third-order valence-electron chi connectivity index (χ3n) is 15.3. The monoisotopic (exact) mass is 832 g/mol. The molecule has 1 spiro atoms. The second-order valence-electron chi connectivity index (χ2n) is 18.0. The summed E-state index contributed by atoms with van der Waals surface area (Å²) in [7, 11) is 5.94. The van der Waals surface area contributed by atoms with Gasteiger partial charge in [-0.1, -0.05) is 44.7 Å². The zero-order valence-electron chi connectivity index (χ0n) is 34.8. The summed E-state index contributed by atoms with van der Waals surface area (Å²) in [6, 6.07) is 10.3. The Morgan fingerprint density at radius 2 is 1.77 bits per heavy atom. The average Bonchev–Trinajstić information content (AvgIpc) is 3.86. The highest BCUT2D eigenvalue weighted by Gasteiger charge is 2.80. The molecule has 1 saturated carbocycles. The average molecular weight is 833 g/mol. The first kappa shape index (κ1) is 42.2. The van der Waals surface area contributed by atoms with Gasteiger partial charge in [0.1, 0.15) is 11.2 Å². The van der Waals surface area contributed by atoms with Crippen molar-refractivity contribution >= 4 is 34.5 Å². The first-order chi connectivity index (χ1) is 28.1. The summed E-state index contributed by atoms with van der Waals surface area (Å²) in [5, 5.41) is 14.2. The van der Waals surface area contributed by atoms with Gasteiger partial charge in [0.2, 0.25) is 11.5 Å². The number of piperidine rings is 1. The maximum Gasteiger partial charge on any atom is 0.344 e. The quantitative estimate of drug-likeness (QED) is 0.172. The molecule has 14 heteroatoms. The molecule has 324 valence electrons. The van der Waals surface area contributed by atoms with Crippen molar-refractivity contribution in [3.8, 4) is 5.75 Å². The van der Waals surface area contributed by atoms with Crippen molar-refractivity contribution in [3.05, 3.63) is 70.9 Å². The molecule has 2 aromatic carbocycles. The number of ether oxygens (including phenoxy) is 4. The molecule has 0 radical (unpaired) electrons. The van der Waals surface area contributed by atoms with Crippen molar-refractivity contribution in [2.45, 2.75) is 101 Å². The fourth-order valence-electron chi connectivity index (χ4n) is 13.2. The summed E-state index contributed by atoms with van der Waals surface area (Å²) in [5.74, 6) is -5.92. The minimum Gasteiger partial charge on any atom is -0.496 e. The van der Waals surface area contributed by atoms with Gasteiger partial charge in [0.15, 0.2) is 6.10 Å². The van der Waals surface area contributed by atoms with Crippen LogP contribution in [0.25, 0.3) is 10.9 Å². The molecule has 9 rings (SSSR count).